The average molecular weight is 371 g/mol. The van der Waals surface area contributed by atoms with Crippen LogP contribution in [0.5, 0.6) is 5.75 Å². The van der Waals surface area contributed by atoms with Crippen LogP contribution in [0.3, 0.4) is 0 Å². The van der Waals surface area contributed by atoms with E-state index < -0.39 is 0 Å². The number of nitrogens with one attached hydrogen (secondary N) is 1. The molecule has 2 N–H and O–H groups in total. The molecule has 0 saturated carbocycles. The lowest BCUT2D eigenvalue weighted by molar-refractivity contribution is 0.475. The van der Waals surface area contributed by atoms with Crippen LogP contribution in [0.1, 0.15) is 10.4 Å². The molecule has 5 heteroatoms. The quantitative estimate of drug-likeness (QED) is 0.505. The van der Waals surface area contributed by atoms with Gasteiger partial charge in [0.25, 0.3) is 0 Å². The van der Waals surface area contributed by atoms with E-state index in [2.05, 4.69) is 16.4 Å². The zero-order valence-electron chi connectivity index (χ0n) is 14.5. The lowest BCUT2D eigenvalue weighted by atomic mass is 9.96. The number of rotatable bonds is 3. The number of nitrogens with zero attached hydrogens (tertiary/aromatic N) is 2. The van der Waals surface area contributed by atoms with Crippen molar-refractivity contribution in [2.45, 2.75) is 12.8 Å². The second-order valence-corrected chi connectivity index (χ2v) is 7.69. The number of aromatic nitrogens is 2. The van der Waals surface area contributed by atoms with Gasteiger partial charge in [0, 0.05) is 27.2 Å². The molecule has 0 atom stereocenters. The Labute approximate surface area is 161 Å². The highest BCUT2D eigenvalue weighted by Crippen LogP contribution is 2.42. The normalized spacial score (nSPS) is 12.3. The van der Waals surface area contributed by atoms with Crippen molar-refractivity contribution < 1.29 is 5.11 Å². The van der Waals surface area contributed by atoms with Gasteiger partial charge >= 0.3 is 0 Å². The first-order valence-corrected chi connectivity index (χ1v) is 9.68. The van der Waals surface area contributed by atoms with Crippen molar-refractivity contribution in [1.82, 2.24) is 9.97 Å². The summed E-state index contributed by atoms with van der Waals surface area (Å²) in [6.45, 7) is 0. The minimum Gasteiger partial charge on any atom is -0.508 e. The molecule has 0 radical (unpaired) electrons. The largest absolute Gasteiger partial charge is 0.508 e. The van der Waals surface area contributed by atoms with Gasteiger partial charge in [-0.1, -0.05) is 30.3 Å². The second-order valence-electron chi connectivity index (χ2n) is 6.56. The van der Waals surface area contributed by atoms with Crippen molar-refractivity contribution in [3.05, 3.63) is 77.3 Å². The maximum absolute atomic E-state index is 9.79. The van der Waals surface area contributed by atoms with E-state index in [0.717, 1.165) is 34.7 Å². The lowest BCUT2D eigenvalue weighted by Crippen LogP contribution is -2.06. The third-order valence-corrected chi connectivity index (χ3v) is 5.95. The second kappa shape index (κ2) is 6.52. The lowest BCUT2D eigenvalue weighted by Gasteiger charge is -2.16. The minimum atomic E-state index is 0.288. The smallest absolute Gasteiger partial charge is 0.227 e. The Morgan fingerprint density at radius 3 is 2.70 bits per heavy atom. The number of phenols is 1. The van der Waals surface area contributed by atoms with Gasteiger partial charge in [-0.15, -0.1) is 11.3 Å². The van der Waals surface area contributed by atoms with Crippen molar-refractivity contribution in [3.8, 4) is 27.4 Å². The van der Waals surface area contributed by atoms with E-state index in [-0.39, 0.29) is 5.75 Å². The molecule has 0 bridgehead atoms. The molecule has 0 amide bonds. The van der Waals surface area contributed by atoms with E-state index in [0.29, 0.717) is 5.95 Å². The molecule has 1 aliphatic rings. The van der Waals surface area contributed by atoms with Crippen molar-refractivity contribution in [1.29, 1.82) is 0 Å². The predicted octanol–water partition coefficient (Wildman–Crippen LogP) is 5.42. The molecule has 27 heavy (non-hydrogen) atoms. The molecule has 0 fully saturated rings. The summed E-state index contributed by atoms with van der Waals surface area (Å²) in [4.78, 5) is 11.8. The molecule has 2 heterocycles. The Kier molecular flexibility index (Phi) is 3.87. The van der Waals surface area contributed by atoms with E-state index in [9.17, 15) is 5.11 Å². The SMILES string of the molecule is Oc1cccc(-c2cc3c(s2)CCc2cnc(Nc4ccccc4)nc2-3)c1. The maximum Gasteiger partial charge on any atom is 0.227 e. The number of para-hydroxylation sites is 1. The summed E-state index contributed by atoms with van der Waals surface area (Å²) in [7, 11) is 0. The number of hydrogen-bond donors (Lipinski definition) is 2. The van der Waals surface area contributed by atoms with Crippen LogP contribution >= 0.6 is 11.3 Å². The molecular formula is C22H17N3OS. The summed E-state index contributed by atoms with van der Waals surface area (Å²) in [6.07, 6.45) is 3.89. The minimum absolute atomic E-state index is 0.288. The molecule has 2 aromatic carbocycles. The van der Waals surface area contributed by atoms with Gasteiger partial charge in [-0.25, -0.2) is 9.97 Å². The van der Waals surface area contributed by atoms with E-state index in [4.69, 9.17) is 4.98 Å². The summed E-state index contributed by atoms with van der Waals surface area (Å²) in [5.41, 5.74) is 5.37. The van der Waals surface area contributed by atoms with E-state index in [1.807, 2.05) is 48.7 Å². The van der Waals surface area contributed by atoms with Gasteiger partial charge in [0.15, 0.2) is 0 Å². The number of aromatic hydroxyl groups is 1. The van der Waals surface area contributed by atoms with E-state index in [1.54, 1.807) is 23.5 Å². The molecule has 1 aliphatic carbocycles. The summed E-state index contributed by atoms with van der Waals surface area (Å²) in [6, 6.07) is 19.5. The van der Waals surface area contributed by atoms with Gasteiger partial charge in [0.05, 0.1) is 5.69 Å². The average Bonchev–Trinajstić information content (AvgIpc) is 3.14. The number of aryl methyl sites for hydroxylation is 2. The van der Waals surface area contributed by atoms with Crippen LogP contribution in [0.2, 0.25) is 0 Å². The number of phenolic OH excluding ortho intramolecular Hbond substituents is 1. The fourth-order valence-electron chi connectivity index (χ4n) is 3.40. The zero-order chi connectivity index (χ0) is 18.2. The Bertz CT molecular complexity index is 1120. The molecule has 4 aromatic rings. The molecular weight excluding hydrogens is 354 g/mol. The molecule has 0 spiro atoms. The van der Waals surface area contributed by atoms with Crippen LogP contribution in [0.4, 0.5) is 11.6 Å². The molecule has 5 rings (SSSR count). The van der Waals surface area contributed by atoms with Crippen molar-refractivity contribution in [2.75, 3.05) is 5.32 Å². The number of benzene rings is 2. The summed E-state index contributed by atoms with van der Waals surface area (Å²) >= 11 is 1.78. The van der Waals surface area contributed by atoms with Crippen LogP contribution in [0.25, 0.3) is 21.7 Å². The molecule has 132 valence electrons. The standard InChI is InChI=1S/C22H17N3OS/c26-17-8-4-5-14(11-17)20-12-18-19(27-20)10-9-15-13-23-22(25-21(15)18)24-16-6-2-1-3-7-16/h1-8,11-13,26H,9-10H2,(H,23,24,25). The highest BCUT2D eigenvalue weighted by molar-refractivity contribution is 7.16. The predicted molar refractivity (Wildman–Crippen MR) is 110 cm³/mol. The van der Waals surface area contributed by atoms with Crippen LogP contribution in [-0.2, 0) is 12.8 Å². The number of hydrogen-bond acceptors (Lipinski definition) is 5. The molecule has 4 nitrogen and oxygen atoms in total. The molecule has 0 unspecified atom stereocenters. The van der Waals surface area contributed by atoms with Crippen LogP contribution < -0.4 is 5.32 Å². The fraction of sp³-hybridized carbons (Fsp3) is 0.0909. The number of thiophene rings is 1. The topological polar surface area (TPSA) is 58.0 Å². The monoisotopic (exact) mass is 371 g/mol. The highest BCUT2D eigenvalue weighted by atomic mass is 32.1. The first-order valence-electron chi connectivity index (χ1n) is 8.87. The number of fused-ring (bicyclic) bond motifs is 3. The van der Waals surface area contributed by atoms with E-state index in [1.165, 1.54) is 16.0 Å². The highest BCUT2D eigenvalue weighted by Gasteiger charge is 2.22. The van der Waals surface area contributed by atoms with E-state index >= 15 is 0 Å². The van der Waals surface area contributed by atoms with Gasteiger partial charge in [-0.2, -0.15) is 0 Å². The van der Waals surface area contributed by atoms with Crippen LogP contribution in [-0.4, -0.2) is 15.1 Å². The van der Waals surface area contributed by atoms with Crippen molar-refractivity contribution in [2.24, 2.45) is 0 Å². The third kappa shape index (κ3) is 3.06. The molecule has 0 aliphatic heterocycles. The first kappa shape index (κ1) is 16.0. The first-order chi connectivity index (χ1) is 13.3. The van der Waals surface area contributed by atoms with Crippen molar-refractivity contribution in [3.63, 3.8) is 0 Å². The number of anilines is 2. The summed E-state index contributed by atoms with van der Waals surface area (Å²) in [5, 5.41) is 13.1. The Balaban J connectivity index is 1.54. The van der Waals surface area contributed by atoms with Gasteiger partial charge < -0.3 is 10.4 Å². The molecule has 2 aromatic heterocycles. The van der Waals surface area contributed by atoms with Crippen LogP contribution in [0.15, 0.2) is 66.9 Å². The fourth-order valence-corrected chi connectivity index (χ4v) is 4.55. The van der Waals surface area contributed by atoms with Crippen molar-refractivity contribution >= 4 is 23.0 Å². The molecule has 0 saturated heterocycles. The Morgan fingerprint density at radius 2 is 1.85 bits per heavy atom. The zero-order valence-corrected chi connectivity index (χ0v) is 15.3. The Hall–Kier alpha value is -3.18. The maximum atomic E-state index is 9.79. The van der Waals surface area contributed by atoms with Crippen LogP contribution in [0, 0.1) is 0 Å². The summed E-state index contributed by atoms with van der Waals surface area (Å²) in [5.74, 6) is 0.897. The van der Waals surface area contributed by atoms with Gasteiger partial charge in [-0.05, 0) is 54.3 Å². The van der Waals surface area contributed by atoms with Gasteiger partial charge in [0.1, 0.15) is 5.75 Å². The summed E-state index contributed by atoms with van der Waals surface area (Å²) < 4.78 is 0. The van der Waals surface area contributed by atoms with Gasteiger partial charge in [-0.3, -0.25) is 0 Å². The Morgan fingerprint density at radius 1 is 0.963 bits per heavy atom. The third-order valence-electron chi connectivity index (χ3n) is 4.71. The van der Waals surface area contributed by atoms with Gasteiger partial charge in [0.2, 0.25) is 5.95 Å².